The smallest absolute Gasteiger partial charge is 0.260 e. The minimum atomic E-state index is -2.79. The Morgan fingerprint density at radius 3 is 1.94 bits per heavy atom. The number of hydrogen-bond acceptors (Lipinski definition) is 3. The molecule has 1 aliphatic carbocycles. The molecule has 2 rings (SSSR count). The van der Waals surface area contributed by atoms with Gasteiger partial charge in [-0.25, -0.2) is 8.78 Å². The van der Waals surface area contributed by atoms with Crippen LogP contribution in [0.15, 0.2) is 12.1 Å². The Balaban J connectivity index is 2.63. The van der Waals surface area contributed by atoms with Crippen LogP contribution in [0.3, 0.4) is 0 Å². The van der Waals surface area contributed by atoms with E-state index in [2.05, 4.69) is 0 Å². The normalized spacial score (nSPS) is 24.8. The van der Waals surface area contributed by atoms with Crippen molar-refractivity contribution in [3.63, 3.8) is 0 Å². The van der Waals surface area contributed by atoms with Gasteiger partial charge in [-0.05, 0) is 24.6 Å². The van der Waals surface area contributed by atoms with Gasteiger partial charge in [-0.1, -0.05) is 0 Å². The molecule has 18 heavy (non-hydrogen) atoms. The van der Waals surface area contributed by atoms with E-state index in [0.717, 1.165) is 5.56 Å². The number of halogens is 2. The van der Waals surface area contributed by atoms with Crippen molar-refractivity contribution >= 4 is 0 Å². The Hall–Kier alpha value is -1.36. The third-order valence-electron chi connectivity index (χ3n) is 3.58. The van der Waals surface area contributed by atoms with E-state index in [1.165, 1.54) is 14.2 Å². The molecule has 1 aromatic rings. The topological polar surface area (TPSA) is 44.5 Å². The lowest BCUT2D eigenvalue weighted by Gasteiger charge is -2.21. The first-order chi connectivity index (χ1) is 8.41. The summed E-state index contributed by atoms with van der Waals surface area (Å²) < 4.78 is 37.8. The highest BCUT2D eigenvalue weighted by molar-refractivity contribution is 5.57. The number of nitrogens with two attached hydrogens (primary N) is 1. The van der Waals surface area contributed by atoms with Crippen LogP contribution in [0.25, 0.3) is 0 Å². The maximum atomic E-state index is 13.7. The van der Waals surface area contributed by atoms with Crippen molar-refractivity contribution in [3.8, 4) is 11.5 Å². The first-order valence-corrected chi connectivity index (χ1v) is 5.73. The molecule has 0 saturated heterocycles. The molecule has 0 aromatic heterocycles. The molecule has 1 aromatic carbocycles. The van der Waals surface area contributed by atoms with Crippen molar-refractivity contribution in [2.75, 3.05) is 20.8 Å². The van der Waals surface area contributed by atoms with Gasteiger partial charge in [-0.3, -0.25) is 0 Å². The Morgan fingerprint density at radius 1 is 1.22 bits per heavy atom. The molecule has 1 saturated carbocycles. The molecule has 0 aliphatic heterocycles. The van der Waals surface area contributed by atoms with E-state index < -0.39 is 11.3 Å². The van der Waals surface area contributed by atoms with Crippen LogP contribution in [0.4, 0.5) is 8.78 Å². The van der Waals surface area contributed by atoms with E-state index in [9.17, 15) is 8.78 Å². The number of ether oxygens (including phenoxy) is 2. The van der Waals surface area contributed by atoms with Crippen LogP contribution in [-0.2, 0) is 5.41 Å². The molecule has 1 fully saturated rings. The molecular formula is C13H17F2NO2. The summed E-state index contributed by atoms with van der Waals surface area (Å²) >= 11 is 0. The van der Waals surface area contributed by atoms with Crippen molar-refractivity contribution in [2.24, 2.45) is 5.73 Å². The number of alkyl halides is 2. The summed E-state index contributed by atoms with van der Waals surface area (Å²) in [7, 11) is 2.92. The van der Waals surface area contributed by atoms with Crippen LogP contribution >= 0.6 is 0 Å². The van der Waals surface area contributed by atoms with Gasteiger partial charge in [-0.15, -0.1) is 0 Å². The number of methoxy groups -OCH3 is 2. The van der Waals surface area contributed by atoms with E-state index >= 15 is 0 Å². The van der Waals surface area contributed by atoms with Crippen molar-refractivity contribution in [2.45, 2.75) is 24.7 Å². The predicted molar refractivity (Wildman–Crippen MR) is 64.6 cm³/mol. The fraction of sp³-hybridized carbons (Fsp3) is 0.538. The van der Waals surface area contributed by atoms with Crippen molar-refractivity contribution < 1.29 is 18.3 Å². The average Bonchev–Trinajstić information content (AvgIpc) is 2.91. The second kappa shape index (κ2) is 4.09. The Labute approximate surface area is 105 Å². The Morgan fingerprint density at radius 2 is 1.67 bits per heavy atom. The monoisotopic (exact) mass is 257 g/mol. The summed E-state index contributed by atoms with van der Waals surface area (Å²) in [4.78, 5) is 0. The molecule has 2 N–H and O–H groups in total. The molecule has 0 radical (unpaired) electrons. The largest absolute Gasteiger partial charge is 0.496 e. The van der Waals surface area contributed by atoms with E-state index in [0.29, 0.717) is 17.1 Å². The lowest BCUT2D eigenvalue weighted by Crippen LogP contribution is -2.28. The zero-order chi connectivity index (χ0) is 13.6. The zero-order valence-electron chi connectivity index (χ0n) is 10.7. The van der Waals surface area contributed by atoms with Gasteiger partial charge in [0, 0.05) is 18.5 Å². The predicted octanol–water partition coefficient (Wildman–Crippen LogP) is 2.25. The molecule has 0 spiro atoms. The minimum absolute atomic E-state index is 0.129. The highest BCUT2D eigenvalue weighted by atomic mass is 19.3. The van der Waals surface area contributed by atoms with Gasteiger partial charge < -0.3 is 15.2 Å². The number of hydrogen-bond donors (Lipinski definition) is 1. The molecule has 1 atom stereocenters. The van der Waals surface area contributed by atoms with Crippen LogP contribution in [-0.4, -0.2) is 26.7 Å². The molecule has 0 bridgehead atoms. The second-order valence-corrected chi connectivity index (χ2v) is 4.71. The van der Waals surface area contributed by atoms with Gasteiger partial charge in [-0.2, -0.15) is 0 Å². The molecule has 1 unspecified atom stereocenters. The second-order valence-electron chi connectivity index (χ2n) is 4.71. The van der Waals surface area contributed by atoms with Crippen LogP contribution in [0.1, 0.15) is 17.5 Å². The Bertz CT molecular complexity index is 451. The van der Waals surface area contributed by atoms with Gasteiger partial charge in [0.1, 0.15) is 11.5 Å². The van der Waals surface area contributed by atoms with Gasteiger partial charge in [0.25, 0.3) is 5.92 Å². The van der Waals surface area contributed by atoms with Crippen molar-refractivity contribution in [1.82, 2.24) is 0 Å². The standard InChI is InChI=1S/C13H17F2NO2/c1-8-4-9(17-2)11(10(5-8)18-3)12(7-16)6-13(12,14)15/h4-5H,6-7,16H2,1-3H3. The van der Waals surface area contributed by atoms with Crippen LogP contribution in [0.2, 0.25) is 0 Å². The zero-order valence-corrected chi connectivity index (χ0v) is 10.7. The molecule has 1 aliphatic rings. The fourth-order valence-electron chi connectivity index (χ4n) is 2.44. The number of benzene rings is 1. The third-order valence-corrected chi connectivity index (χ3v) is 3.58. The molecule has 100 valence electrons. The van der Waals surface area contributed by atoms with E-state index in [-0.39, 0.29) is 13.0 Å². The number of aryl methyl sites for hydroxylation is 1. The maximum Gasteiger partial charge on any atom is 0.260 e. The summed E-state index contributed by atoms with van der Waals surface area (Å²) in [5.41, 5.74) is 5.49. The SMILES string of the molecule is COc1cc(C)cc(OC)c1C1(CN)CC1(F)F. The van der Waals surface area contributed by atoms with Crippen LogP contribution < -0.4 is 15.2 Å². The Kier molecular flexibility index (Phi) is 2.97. The average molecular weight is 257 g/mol. The summed E-state index contributed by atoms with van der Waals surface area (Å²) in [5, 5.41) is 0. The van der Waals surface area contributed by atoms with E-state index in [1.54, 1.807) is 12.1 Å². The molecule has 0 amide bonds. The summed E-state index contributed by atoms with van der Waals surface area (Å²) in [5.74, 6) is -1.97. The first kappa shape index (κ1) is 13.1. The third kappa shape index (κ3) is 1.65. The highest BCUT2D eigenvalue weighted by Gasteiger charge is 2.72. The quantitative estimate of drug-likeness (QED) is 0.899. The summed E-state index contributed by atoms with van der Waals surface area (Å²) in [6.45, 7) is 1.73. The van der Waals surface area contributed by atoms with Crippen LogP contribution in [0.5, 0.6) is 11.5 Å². The maximum absolute atomic E-state index is 13.7. The van der Waals surface area contributed by atoms with Gasteiger partial charge in [0.05, 0.1) is 19.6 Å². The lowest BCUT2D eigenvalue weighted by atomic mass is 9.92. The van der Waals surface area contributed by atoms with Gasteiger partial charge in [0.2, 0.25) is 0 Å². The lowest BCUT2D eigenvalue weighted by molar-refractivity contribution is 0.0881. The first-order valence-electron chi connectivity index (χ1n) is 5.73. The van der Waals surface area contributed by atoms with E-state index in [1.807, 2.05) is 6.92 Å². The molecule has 5 heteroatoms. The molecule has 0 heterocycles. The molecule has 3 nitrogen and oxygen atoms in total. The van der Waals surface area contributed by atoms with Gasteiger partial charge in [0.15, 0.2) is 0 Å². The molecular weight excluding hydrogens is 240 g/mol. The van der Waals surface area contributed by atoms with Crippen LogP contribution in [0, 0.1) is 6.92 Å². The summed E-state index contributed by atoms with van der Waals surface area (Å²) in [6.07, 6.45) is -0.258. The fourth-order valence-corrected chi connectivity index (χ4v) is 2.44. The summed E-state index contributed by atoms with van der Waals surface area (Å²) in [6, 6.07) is 3.45. The minimum Gasteiger partial charge on any atom is -0.496 e. The van der Waals surface area contributed by atoms with E-state index in [4.69, 9.17) is 15.2 Å². The number of rotatable bonds is 4. The van der Waals surface area contributed by atoms with Crippen molar-refractivity contribution in [1.29, 1.82) is 0 Å². The van der Waals surface area contributed by atoms with Gasteiger partial charge >= 0.3 is 0 Å². The highest BCUT2D eigenvalue weighted by Crippen LogP contribution is 2.64. The van der Waals surface area contributed by atoms with Crippen molar-refractivity contribution in [3.05, 3.63) is 23.3 Å².